The topological polar surface area (TPSA) is 108 Å². The van der Waals surface area contributed by atoms with Gasteiger partial charge in [-0.2, -0.15) is 0 Å². The molecule has 3 aliphatic heterocycles. The molecule has 0 saturated carbocycles. The monoisotopic (exact) mass is 385 g/mol. The minimum absolute atomic E-state index is 0.0244. The molecule has 0 bridgehead atoms. The van der Waals surface area contributed by atoms with Gasteiger partial charge in [0.1, 0.15) is 5.54 Å². The number of hydrogen-bond acceptors (Lipinski definition) is 5. The highest BCUT2D eigenvalue weighted by Crippen LogP contribution is 2.36. The first-order chi connectivity index (χ1) is 13.5. The smallest absolute Gasteiger partial charge is 0.250 e. The zero-order chi connectivity index (χ0) is 19.7. The number of benzene rings is 1. The average Bonchev–Trinajstić information content (AvgIpc) is 2.69. The fourth-order valence-corrected chi connectivity index (χ4v) is 4.60. The lowest BCUT2D eigenvalue weighted by Crippen LogP contribution is -2.60. The van der Waals surface area contributed by atoms with Crippen LogP contribution < -0.4 is 16.4 Å². The fraction of sp³-hybridized carbons (Fsp3) is 0.550. The van der Waals surface area contributed by atoms with Crippen LogP contribution in [0.15, 0.2) is 24.3 Å². The summed E-state index contributed by atoms with van der Waals surface area (Å²) in [6, 6.07) is 7.68. The number of likely N-dealkylation sites (tertiary alicyclic amines) is 2. The van der Waals surface area contributed by atoms with Crippen molar-refractivity contribution in [3.05, 3.63) is 24.3 Å². The molecule has 1 spiro atoms. The van der Waals surface area contributed by atoms with E-state index in [1.54, 1.807) is 0 Å². The van der Waals surface area contributed by atoms with Crippen molar-refractivity contribution >= 4 is 29.1 Å². The van der Waals surface area contributed by atoms with Crippen LogP contribution in [-0.4, -0.2) is 65.8 Å². The predicted molar refractivity (Wildman–Crippen MR) is 106 cm³/mol. The van der Waals surface area contributed by atoms with Gasteiger partial charge in [-0.1, -0.05) is 12.1 Å². The molecule has 3 aliphatic rings. The molecule has 3 heterocycles. The maximum atomic E-state index is 13.0. The van der Waals surface area contributed by atoms with Crippen LogP contribution in [0.1, 0.15) is 25.7 Å². The Labute approximate surface area is 164 Å². The average molecular weight is 385 g/mol. The second-order valence-corrected chi connectivity index (χ2v) is 8.07. The molecule has 1 aromatic carbocycles. The van der Waals surface area contributed by atoms with Gasteiger partial charge in [0.05, 0.1) is 23.8 Å². The van der Waals surface area contributed by atoms with E-state index in [0.29, 0.717) is 32.5 Å². The van der Waals surface area contributed by atoms with Gasteiger partial charge in [0.15, 0.2) is 0 Å². The number of para-hydroxylation sites is 2. The largest absolute Gasteiger partial charge is 0.369 e. The molecule has 4 N–H and O–H groups in total. The Hall–Kier alpha value is -2.61. The van der Waals surface area contributed by atoms with Crippen molar-refractivity contribution in [1.29, 1.82) is 0 Å². The van der Waals surface area contributed by atoms with Crippen LogP contribution in [0.25, 0.3) is 0 Å². The number of piperidine rings is 2. The summed E-state index contributed by atoms with van der Waals surface area (Å²) in [4.78, 5) is 40.7. The van der Waals surface area contributed by atoms with Crippen LogP contribution in [0.3, 0.4) is 0 Å². The number of nitrogens with one attached hydrogen (secondary N) is 2. The van der Waals surface area contributed by atoms with Crippen LogP contribution in [0, 0.1) is 5.92 Å². The zero-order valence-electron chi connectivity index (χ0n) is 15.9. The Kier molecular flexibility index (Phi) is 4.97. The Balaban J connectivity index is 1.38. The first kappa shape index (κ1) is 18.7. The van der Waals surface area contributed by atoms with E-state index in [2.05, 4.69) is 10.6 Å². The molecule has 0 radical (unpaired) electrons. The number of primary amides is 1. The lowest BCUT2D eigenvalue weighted by molar-refractivity contribution is -0.140. The Morgan fingerprint density at radius 3 is 2.57 bits per heavy atom. The van der Waals surface area contributed by atoms with E-state index in [9.17, 15) is 14.4 Å². The van der Waals surface area contributed by atoms with Crippen molar-refractivity contribution in [2.75, 3.05) is 43.4 Å². The molecule has 0 unspecified atom stereocenters. The first-order valence-electron chi connectivity index (χ1n) is 9.95. The van der Waals surface area contributed by atoms with Crippen molar-refractivity contribution in [3.8, 4) is 0 Å². The minimum atomic E-state index is -0.657. The lowest BCUT2D eigenvalue weighted by atomic mass is 9.83. The Morgan fingerprint density at radius 2 is 1.86 bits per heavy atom. The predicted octanol–water partition coefficient (Wildman–Crippen LogP) is 0.609. The van der Waals surface area contributed by atoms with E-state index in [-0.39, 0.29) is 30.2 Å². The number of anilines is 2. The van der Waals surface area contributed by atoms with Gasteiger partial charge in [-0.05, 0) is 44.4 Å². The van der Waals surface area contributed by atoms with Crippen molar-refractivity contribution in [3.63, 3.8) is 0 Å². The van der Waals surface area contributed by atoms with Crippen molar-refractivity contribution in [2.45, 2.75) is 31.2 Å². The highest BCUT2D eigenvalue weighted by molar-refractivity contribution is 6.06. The molecule has 1 atom stereocenters. The number of carbonyl (C=O) groups excluding carboxylic acids is 3. The summed E-state index contributed by atoms with van der Waals surface area (Å²) in [7, 11) is 0. The van der Waals surface area contributed by atoms with Crippen LogP contribution in [0.2, 0.25) is 0 Å². The maximum Gasteiger partial charge on any atom is 0.250 e. The van der Waals surface area contributed by atoms with Crippen molar-refractivity contribution in [1.82, 2.24) is 9.80 Å². The summed E-state index contributed by atoms with van der Waals surface area (Å²) >= 11 is 0. The van der Waals surface area contributed by atoms with Gasteiger partial charge < -0.3 is 21.3 Å². The normalized spacial score (nSPS) is 24.2. The van der Waals surface area contributed by atoms with E-state index in [0.717, 1.165) is 30.8 Å². The summed E-state index contributed by atoms with van der Waals surface area (Å²) in [5.41, 5.74) is 6.36. The van der Waals surface area contributed by atoms with Crippen LogP contribution in [0.5, 0.6) is 0 Å². The number of rotatable bonds is 3. The van der Waals surface area contributed by atoms with E-state index in [1.165, 1.54) is 0 Å². The minimum Gasteiger partial charge on any atom is -0.369 e. The van der Waals surface area contributed by atoms with Gasteiger partial charge >= 0.3 is 0 Å². The molecule has 4 rings (SSSR count). The number of nitrogens with zero attached hydrogens (tertiary/aromatic N) is 2. The quantitative estimate of drug-likeness (QED) is 0.707. The summed E-state index contributed by atoms with van der Waals surface area (Å²) < 4.78 is 0. The van der Waals surface area contributed by atoms with E-state index >= 15 is 0 Å². The van der Waals surface area contributed by atoms with Crippen LogP contribution in [-0.2, 0) is 14.4 Å². The third-order valence-electron chi connectivity index (χ3n) is 6.15. The number of nitrogens with two attached hydrogens (primary N) is 1. The van der Waals surface area contributed by atoms with Gasteiger partial charge in [0, 0.05) is 19.6 Å². The SMILES string of the molecule is NC(=O)CN1CCC[C@@H](C(=O)N2CCC3(CC2)Nc2ccccc2NC3=O)C1. The maximum absolute atomic E-state index is 13.0. The molecule has 0 aromatic heterocycles. The third-order valence-corrected chi connectivity index (χ3v) is 6.15. The zero-order valence-corrected chi connectivity index (χ0v) is 15.9. The van der Waals surface area contributed by atoms with E-state index < -0.39 is 5.54 Å². The van der Waals surface area contributed by atoms with Gasteiger partial charge in [-0.25, -0.2) is 0 Å². The van der Waals surface area contributed by atoms with Crippen LogP contribution in [0.4, 0.5) is 11.4 Å². The second-order valence-electron chi connectivity index (χ2n) is 8.07. The van der Waals surface area contributed by atoms with Gasteiger partial charge in [0.25, 0.3) is 0 Å². The molecule has 0 aliphatic carbocycles. The van der Waals surface area contributed by atoms with Crippen molar-refractivity contribution in [2.24, 2.45) is 11.7 Å². The van der Waals surface area contributed by atoms with Crippen LogP contribution >= 0.6 is 0 Å². The molecule has 8 nitrogen and oxygen atoms in total. The molecule has 1 aromatic rings. The summed E-state index contributed by atoms with van der Waals surface area (Å²) in [6.45, 7) is 2.69. The molecule has 150 valence electrons. The standard InChI is InChI=1S/C20H27N5O3/c21-17(26)13-24-9-3-4-14(12-24)18(27)25-10-7-20(8-11-25)19(28)22-15-5-1-2-6-16(15)23-20/h1-2,5-6,14,23H,3-4,7-13H2,(H2,21,26)(H,22,28)/t14-/m1/s1. The highest BCUT2D eigenvalue weighted by atomic mass is 16.2. The first-order valence-corrected chi connectivity index (χ1v) is 9.95. The van der Waals surface area contributed by atoms with E-state index in [1.807, 2.05) is 34.1 Å². The number of hydrogen-bond donors (Lipinski definition) is 3. The molecule has 3 amide bonds. The highest BCUT2D eigenvalue weighted by Gasteiger charge is 2.45. The summed E-state index contributed by atoms with van der Waals surface area (Å²) in [6.07, 6.45) is 2.89. The summed E-state index contributed by atoms with van der Waals surface area (Å²) in [5.74, 6) is -0.358. The molecule has 8 heteroatoms. The summed E-state index contributed by atoms with van der Waals surface area (Å²) in [5, 5.41) is 6.42. The van der Waals surface area contributed by atoms with Gasteiger partial charge in [0.2, 0.25) is 17.7 Å². The fourth-order valence-electron chi connectivity index (χ4n) is 4.60. The molecule has 28 heavy (non-hydrogen) atoms. The van der Waals surface area contributed by atoms with E-state index in [4.69, 9.17) is 5.73 Å². The molecule has 2 fully saturated rings. The lowest BCUT2D eigenvalue weighted by Gasteiger charge is -2.45. The Morgan fingerprint density at radius 1 is 1.14 bits per heavy atom. The number of amides is 3. The molecular formula is C20H27N5O3. The van der Waals surface area contributed by atoms with Gasteiger partial charge in [-0.3, -0.25) is 19.3 Å². The van der Waals surface area contributed by atoms with Gasteiger partial charge in [-0.15, -0.1) is 0 Å². The second kappa shape index (κ2) is 7.43. The molecule has 2 saturated heterocycles. The molecular weight excluding hydrogens is 358 g/mol. The number of carbonyl (C=O) groups is 3. The third kappa shape index (κ3) is 3.56. The number of fused-ring (bicyclic) bond motifs is 1. The van der Waals surface area contributed by atoms with Crippen molar-refractivity contribution < 1.29 is 14.4 Å². The Bertz CT molecular complexity index is 788.